The molecule has 0 aromatic heterocycles. The van der Waals surface area contributed by atoms with Gasteiger partial charge in [0.1, 0.15) is 11.7 Å². The lowest BCUT2D eigenvalue weighted by atomic mass is 10.1. The molecule has 0 radical (unpaired) electrons. The predicted octanol–water partition coefficient (Wildman–Crippen LogP) is 0.568. The summed E-state index contributed by atoms with van der Waals surface area (Å²) in [5.74, 6) is -0.553. The summed E-state index contributed by atoms with van der Waals surface area (Å²) in [7, 11) is 0. The lowest BCUT2D eigenvalue weighted by Crippen LogP contribution is -2.12. The van der Waals surface area contributed by atoms with Gasteiger partial charge in [-0.1, -0.05) is 12.1 Å². The SMILES string of the molecule is N=C(N)c1ccc(CN)c(F)c1. The van der Waals surface area contributed by atoms with Crippen LogP contribution in [0.1, 0.15) is 11.1 Å². The second-order valence-corrected chi connectivity index (χ2v) is 2.42. The molecule has 1 aromatic carbocycles. The topological polar surface area (TPSA) is 75.9 Å². The largest absolute Gasteiger partial charge is 0.384 e. The van der Waals surface area contributed by atoms with E-state index < -0.39 is 5.82 Å². The fourth-order valence-electron chi connectivity index (χ4n) is 0.880. The van der Waals surface area contributed by atoms with E-state index in [1.165, 1.54) is 12.1 Å². The molecule has 0 amide bonds. The zero-order valence-electron chi connectivity index (χ0n) is 6.47. The standard InChI is InChI=1S/C8H10FN3/c9-7-3-5(8(11)12)1-2-6(7)4-10/h1-3H,4,10H2,(H3,11,12). The van der Waals surface area contributed by atoms with E-state index in [1.807, 2.05) is 0 Å². The molecule has 1 rings (SSSR count). The highest BCUT2D eigenvalue weighted by Crippen LogP contribution is 2.08. The Kier molecular flexibility index (Phi) is 2.40. The normalized spacial score (nSPS) is 9.83. The number of amidine groups is 1. The van der Waals surface area contributed by atoms with Gasteiger partial charge >= 0.3 is 0 Å². The van der Waals surface area contributed by atoms with Gasteiger partial charge in [-0.2, -0.15) is 0 Å². The molecule has 0 bridgehead atoms. The third kappa shape index (κ3) is 1.60. The Morgan fingerprint density at radius 3 is 2.58 bits per heavy atom. The zero-order valence-corrected chi connectivity index (χ0v) is 6.47. The van der Waals surface area contributed by atoms with Gasteiger partial charge in [0, 0.05) is 17.7 Å². The monoisotopic (exact) mass is 167 g/mol. The van der Waals surface area contributed by atoms with Crippen molar-refractivity contribution in [2.24, 2.45) is 11.5 Å². The second-order valence-electron chi connectivity index (χ2n) is 2.42. The maximum Gasteiger partial charge on any atom is 0.128 e. The van der Waals surface area contributed by atoms with E-state index >= 15 is 0 Å². The molecule has 0 atom stereocenters. The molecule has 0 aliphatic rings. The van der Waals surface area contributed by atoms with Crippen LogP contribution < -0.4 is 11.5 Å². The highest BCUT2D eigenvalue weighted by molar-refractivity contribution is 5.94. The first-order chi connectivity index (χ1) is 5.65. The van der Waals surface area contributed by atoms with Gasteiger partial charge in [0.2, 0.25) is 0 Å². The minimum atomic E-state index is -0.412. The Morgan fingerprint density at radius 2 is 2.17 bits per heavy atom. The third-order valence-electron chi connectivity index (χ3n) is 1.58. The molecular formula is C8H10FN3. The molecular weight excluding hydrogens is 157 g/mol. The molecule has 3 nitrogen and oxygen atoms in total. The van der Waals surface area contributed by atoms with Gasteiger partial charge in [-0.25, -0.2) is 4.39 Å². The van der Waals surface area contributed by atoms with Crippen molar-refractivity contribution >= 4 is 5.84 Å². The number of rotatable bonds is 2. The van der Waals surface area contributed by atoms with E-state index in [2.05, 4.69) is 0 Å². The van der Waals surface area contributed by atoms with E-state index in [-0.39, 0.29) is 12.4 Å². The highest BCUT2D eigenvalue weighted by Gasteiger charge is 2.02. The van der Waals surface area contributed by atoms with E-state index in [0.29, 0.717) is 11.1 Å². The number of hydrogen-bond acceptors (Lipinski definition) is 2. The average molecular weight is 167 g/mol. The van der Waals surface area contributed by atoms with Crippen molar-refractivity contribution in [2.45, 2.75) is 6.54 Å². The molecule has 0 heterocycles. The Hall–Kier alpha value is -1.42. The van der Waals surface area contributed by atoms with Crippen LogP contribution in [0.5, 0.6) is 0 Å². The van der Waals surface area contributed by atoms with E-state index in [9.17, 15) is 4.39 Å². The molecule has 0 unspecified atom stereocenters. The molecule has 0 saturated carbocycles. The molecule has 0 aliphatic heterocycles. The first-order valence-corrected chi connectivity index (χ1v) is 3.48. The maximum absolute atomic E-state index is 13.0. The Morgan fingerprint density at radius 1 is 1.50 bits per heavy atom. The number of benzene rings is 1. The number of hydrogen-bond donors (Lipinski definition) is 3. The molecule has 0 saturated heterocycles. The summed E-state index contributed by atoms with van der Waals surface area (Å²) in [4.78, 5) is 0. The molecule has 64 valence electrons. The van der Waals surface area contributed by atoms with Crippen LogP contribution in [0.15, 0.2) is 18.2 Å². The summed E-state index contributed by atoms with van der Waals surface area (Å²) < 4.78 is 13.0. The molecule has 0 spiro atoms. The van der Waals surface area contributed by atoms with Crippen LogP contribution in [-0.2, 0) is 6.54 Å². The van der Waals surface area contributed by atoms with Gasteiger partial charge in [0.15, 0.2) is 0 Å². The Labute approximate surface area is 69.7 Å². The Balaban J connectivity index is 3.10. The van der Waals surface area contributed by atoms with Gasteiger partial charge < -0.3 is 11.5 Å². The summed E-state index contributed by atoms with van der Waals surface area (Å²) in [6, 6.07) is 4.32. The number of nitrogens with two attached hydrogens (primary N) is 2. The van der Waals surface area contributed by atoms with Crippen LogP contribution >= 0.6 is 0 Å². The van der Waals surface area contributed by atoms with Crippen molar-refractivity contribution < 1.29 is 4.39 Å². The quantitative estimate of drug-likeness (QED) is 0.445. The third-order valence-corrected chi connectivity index (χ3v) is 1.58. The van der Waals surface area contributed by atoms with Crippen molar-refractivity contribution in [2.75, 3.05) is 0 Å². The summed E-state index contributed by atoms with van der Waals surface area (Å²) in [6.07, 6.45) is 0. The van der Waals surface area contributed by atoms with Crippen molar-refractivity contribution in [3.63, 3.8) is 0 Å². The van der Waals surface area contributed by atoms with Crippen molar-refractivity contribution in [1.29, 1.82) is 5.41 Å². The lowest BCUT2D eigenvalue weighted by molar-refractivity contribution is 0.610. The average Bonchev–Trinajstić information content (AvgIpc) is 2.04. The predicted molar refractivity (Wildman–Crippen MR) is 45.3 cm³/mol. The van der Waals surface area contributed by atoms with Crippen LogP contribution in [-0.4, -0.2) is 5.84 Å². The van der Waals surface area contributed by atoms with Gasteiger partial charge in [-0.3, -0.25) is 5.41 Å². The van der Waals surface area contributed by atoms with Crippen LogP contribution in [0.4, 0.5) is 4.39 Å². The maximum atomic E-state index is 13.0. The molecule has 12 heavy (non-hydrogen) atoms. The van der Waals surface area contributed by atoms with Crippen LogP contribution in [0.25, 0.3) is 0 Å². The first-order valence-electron chi connectivity index (χ1n) is 3.48. The lowest BCUT2D eigenvalue weighted by Gasteiger charge is -2.01. The first kappa shape index (κ1) is 8.67. The zero-order chi connectivity index (χ0) is 9.14. The molecule has 1 aromatic rings. The summed E-state index contributed by atoms with van der Waals surface area (Å²) in [5.41, 5.74) is 11.2. The van der Waals surface area contributed by atoms with Crippen molar-refractivity contribution in [3.05, 3.63) is 35.1 Å². The van der Waals surface area contributed by atoms with Gasteiger partial charge in [0.05, 0.1) is 0 Å². The molecule has 5 N–H and O–H groups in total. The summed E-state index contributed by atoms with van der Waals surface area (Å²) in [6.45, 7) is 0.157. The van der Waals surface area contributed by atoms with Gasteiger partial charge in [-0.05, 0) is 6.07 Å². The van der Waals surface area contributed by atoms with Gasteiger partial charge in [0.25, 0.3) is 0 Å². The van der Waals surface area contributed by atoms with Crippen LogP contribution in [0.2, 0.25) is 0 Å². The minimum Gasteiger partial charge on any atom is -0.384 e. The summed E-state index contributed by atoms with van der Waals surface area (Å²) >= 11 is 0. The fraction of sp³-hybridized carbons (Fsp3) is 0.125. The smallest absolute Gasteiger partial charge is 0.128 e. The molecule has 4 heteroatoms. The van der Waals surface area contributed by atoms with Crippen molar-refractivity contribution in [3.8, 4) is 0 Å². The fourth-order valence-corrected chi connectivity index (χ4v) is 0.880. The summed E-state index contributed by atoms with van der Waals surface area (Å²) in [5, 5.41) is 7.04. The minimum absolute atomic E-state index is 0.141. The number of nitrogen functional groups attached to an aromatic ring is 1. The number of halogens is 1. The Bertz CT molecular complexity index is 309. The van der Waals surface area contributed by atoms with Crippen molar-refractivity contribution in [1.82, 2.24) is 0 Å². The highest BCUT2D eigenvalue weighted by atomic mass is 19.1. The van der Waals surface area contributed by atoms with E-state index in [1.54, 1.807) is 6.07 Å². The molecule has 0 fully saturated rings. The van der Waals surface area contributed by atoms with Gasteiger partial charge in [-0.15, -0.1) is 0 Å². The molecule has 0 aliphatic carbocycles. The number of nitrogens with one attached hydrogen (secondary N) is 1. The van der Waals surface area contributed by atoms with Crippen LogP contribution in [0.3, 0.4) is 0 Å². The van der Waals surface area contributed by atoms with E-state index in [0.717, 1.165) is 0 Å². The van der Waals surface area contributed by atoms with Crippen LogP contribution in [0, 0.1) is 11.2 Å². The van der Waals surface area contributed by atoms with E-state index in [4.69, 9.17) is 16.9 Å². The second kappa shape index (κ2) is 3.32.